The van der Waals surface area contributed by atoms with E-state index in [1.807, 2.05) is 18.2 Å². The first-order valence-corrected chi connectivity index (χ1v) is 10.1. The number of likely N-dealkylation sites (tertiary alicyclic amines) is 1. The SMILES string of the molecule is CCc1ccc(C(c2ccc(Cl)c(Cl)c2)N2CCCC(C(=O)O)C2)s1. The van der Waals surface area contributed by atoms with E-state index < -0.39 is 5.97 Å². The van der Waals surface area contributed by atoms with Crippen molar-refractivity contribution in [2.45, 2.75) is 32.2 Å². The Morgan fingerprint density at radius 3 is 2.76 bits per heavy atom. The number of carbonyl (C=O) groups is 1. The van der Waals surface area contributed by atoms with Gasteiger partial charge in [0.05, 0.1) is 22.0 Å². The Labute approximate surface area is 162 Å². The molecule has 0 spiro atoms. The molecule has 25 heavy (non-hydrogen) atoms. The lowest BCUT2D eigenvalue weighted by atomic mass is 9.94. The highest BCUT2D eigenvalue weighted by atomic mass is 35.5. The number of benzene rings is 1. The van der Waals surface area contributed by atoms with E-state index in [9.17, 15) is 9.90 Å². The number of carboxylic acids is 1. The van der Waals surface area contributed by atoms with Crippen LogP contribution in [0.1, 0.15) is 41.1 Å². The van der Waals surface area contributed by atoms with Crippen molar-refractivity contribution in [3.8, 4) is 0 Å². The van der Waals surface area contributed by atoms with Gasteiger partial charge in [-0.05, 0) is 55.6 Å². The number of piperidine rings is 1. The van der Waals surface area contributed by atoms with Crippen LogP contribution in [0.25, 0.3) is 0 Å². The summed E-state index contributed by atoms with van der Waals surface area (Å²) in [6, 6.07) is 10.0. The summed E-state index contributed by atoms with van der Waals surface area (Å²) in [6.45, 7) is 3.58. The number of thiophene rings is 1. The van der Waals surface area contributed by atoms with Crippen molar-refractivity contribution in [3.05, 3.63) is 55.7 Å². The van der Waals surface area contributed by atoms with Gasteiger partial charge >= 0.3 is 5.97 Å². The zero-order valence-electron chi connectivity index (χ0n) is 14.0. The van der Waals surface area contributed by atoms with Gasteiger partial charge in [0.1, 0.15) is 0 Å². The summed E-state index contributed by atoms with van der Waals surface area (Å²) in [5.41, 5.74) is 1.06. The molecule has 1 saturated heterocycles. The molecule has 3 nitrogen and oxygen atoms in total. The molecule has 0 radical (unpaired) electrons. The number of halogens is 2. The quantitative estimate of drug-likeness (QED) is 0.723. The fourth-order valence-electron chi connectivity index (χ4n) is 3.41. The van der Waals surface area contributed by atoms with Crippen LogP contribution in [0.2, 0.25) is 10.0 Å². The summed E-state index contributed by atoms with van der Waals surface area (Å²) in [5.74, 6) is -1.03. The lowest BCUT2D eigenvalue weighted by Crippen LogP contribution is -2.41. The van der Waals surface area contributed by atoms with E-state index in [0.29, 0.717) is 16.6 Å². The molecule has 0 aliphatic carbocycles. The number of carboxylic acid groups (broad SMARTS) is 1. The van der Waals surface area contributed by atoms with Gasteiger partial charge in [-0.1, -0.05) is 36.2 Å². The monoisotopic (exact) mass is 397 g/mol. The number of aliphatic carboxylic acids is 1. The molecule has 6 heteroatoms. The highest BCUT2D eigenvalue weighted by Gasteiger charge is 2.32. The average molecular weight is 398 g/mol. The predicted octanol–water partition coefficient (Wildman–Crippen LogP) is 5.50. The van der Waals surface area contributed by atoms with E-state index in [0.717, 1.165) is 31.4 Å². The first-order chi connectivity index (χ1) is 12.0. The third kappa shape index (κ3) is 4.20. The second kappa shape index (κ2) is 8.09. The van der Waals surface area contributed by atoms with Crippen molar-refractivity contribution in [1.82, 2.24) is 4.90 Å². The Morgan fingerprint density at radius 2 is 2.12 bits per heavy atom. The molecule has 1 N–H and O–H groups in total. The summed E-state index contributed by atoms with van der Waals surface area (Å²) < 4.78 is 0. The molecule has 0 amide bonds. The Hall–Kier alpha value is -1.07. The minimum Gasteiger partial charge on any atom is -0.481 e. The van der Waals surface area contributed by atoms with Crippen LogP contribution >= 0.6 is 34.5 Å². The summed E-state index contributed by atoms with van der Waals surface area (Å²) in [5, 5.41) is 10.5. The maximum Gasteiger partial charge on any atom is 0.307 e. The number of rotatable bonds is 5. The fraction of sp³-hybridized carbons (Fsp3) is 0.421. The van der Waals surface area contributed by atoms with E-state index in [4.69, 9.17) is 23.2 Å². The standard InChI is InChI=1S/C19H21Cl2NO2S/c1-2-14-6-8-17(25-14)18(12-5-7-15(20)16(21)10-12)22-9-3-4-13(11-22)19(23)24/h5-8,10,13,18H,2-4,9,11H2,1H3,(H,23,24). The molecule has 1 fully saturated rings. The molecule has 1 aromatic carbocycles. The van der Waals surface area contributed by atoms with Gasteiger partial charge in [0.2, 0.25) is 0 Å². The summed E-state index contributed by atoms with van der Waals surface area (Å²) in [7, 11) is 0. The highest BCUT2D eigenvalue weighted by molar-refractivity contribution is 7.12. The van der Waals surface area contributed by atoms with Gasteiger partial charge in [0.15, 0.2) is 0 Å². The minimum absolute atomic E-state index is 0.0159. The largest absolute Gasteiger partial charge is 0.481 e. The number of nitrogens with zero attached hydrogens (tertiary/aromatic N) is 1. The fourth-order valence-corrected chi connectivity index (χ4v) is 4.83. The molecule has 134 valence electrons. The van der Waals surface area contributed by atoms with Crippen LogP contribution < -0.4 is 0 Å². The topological polar surface area (TPSA) is 40.5 Å². The molecule has 1 aromatic heterocycles. The maximum absolute atomic E-state index is 11.5. The van der Waals surface area contributed by atoms with Gasteiger partial charge in [-0.2, -0.15) is 0 Å². The molecule has 2 heterocycles. The molecule has 2 unspecified atom stereocenters. The molecule has 2 aromatic rings. The number of hydrogen-bond donors (Lipinski definition) is 1. The number of hydrogen-bond acceptors (Lipinski definition) is 3. The Bertz CT molecular complexity index is 762. The van der Waals surface area contributed by atoms with Crippen LogP contribution in [0, 0.1) is 5.92 Å². The normalized spacial score (nSPS) is 19.7. The average Bonchev–Trinajstić information content (AvgIpc) is 3.07. The zero-order chi connectivity index (χ0) is 18.0. The molecule has 1 aliphatic rings. The second-order valence-corrected chi connectivity index (χ2v) is 8.42. The molecule has 0 saturated carbocycles. The zero-order valence-corrected chi connectivity index (χ0v) is 16.4. The van der Waals surface area contributed by atoms with E-state index in [2.05, 4.69) is 24.0 Å². The van der Waals surface area contributed by atoms with Crippen molar-refractivity contribution < 1.29 is 9.90 Å². The van der Waals surface area contributed by atoms with Crippen LogP contribution in [-0.2, 0) is 11.2 Å². The molecule has 0 bridgehead atoms. The molecule has 3 rings (SSSR count). The van der Waals surface area contributed by atoms with Gasteiger partial charge in [-0.15, -0.1) is 11.3 Å². The molecule has 1 aliphatic heterocycles. The first kappa shape index (κ1) is 18.7. The van der Waals surface area contributed by atoms with E-state index in [1.165, 1.54) is 9.75 Å². The van der Waals surface area contributed by atoms with Crippen LogP contribution in [-0.4, -0.2) is 29.1 Å². The van der Waals surface area contributed by atoms with Crippen LogP contribution in [0.4, 0.5) is 0 Å². The summed E-state index contributed by atoms with van der Waals surface area (Å²) in [6.07, 6.45) is 2.63. The van der Waals surface area contributed by atoms with Crippen LogP contribution in [0.15, 0.2) is 30.3 Å². The van der Waals surface area contributed by atoms with Crippen molar-refractivity contribution in [1.29, 1.82) is 0 Å². The lowest BCUT2D eigenvalue weighted by molar-refractivity contribution is -0.143. The second-order valence-electron chi connectivity index (χ2n) is 6.41. The van der Waals surface area contributed by atoms with Crippen LogP contribution in [0.5, 0.6) is 0 Å². The van der Waals surface area contributed by atoms with Gasteiger partial charge in [-0.25, -0.2) is 0 Å². The smallest absolute Gasteiger partial charge is 0.307 e. The minimum atomic E-state index is -0.710. The van der Waals surface area contributed by atoms with Crippen molar-refractivity contribution >= 4 is 40.5 Å². The van der Waals surface area contributed by atoms with Gasteiger partial charge in [0, 0.05) is 16.3 Å². The lowest BCUT2D eigenvalue weighted by Gasteiger charge is -2.37. The van der Waals surface area contributed by atoms with Gasteiger partial charge in [-0.3, -0.25) is 9.69 Å². The third-order valence-electron chi connectivity index (χ3n) is 4.73. The van der Waals surface area contributed by atoms with Gasteiger partial charge in [0.25, 0.3) is 0 Å². The molecular weight excluding hydrogens is 377 g/mol. The van der Waals surface area contributed by atoms with E-state index in [1.54, 1.807) is 11.3 Å². The third-order valence-corrected chi connectivity index (χ3v) is 6.75. The Morgan fingerprint density at radius 1 is 1.32 bits per heavy atom. The predicted molar refractivity (Wildman–Crippen MR) is 104 cm³/mol. The van der Waals surface area contributed by atoms with E-state index in [-0.39, 0.29) is 12.0 Å². The van der Waals surface area contributed by atoms with Crippen molar-refractivity contribution in [2.24, 2.45) is 5.92 Å². The van der Waals surface area contributed by atoms with E-state index >= 15 is 0 Å². The summed E-state index contributed by atoms with van der Waals surface area (Å²) in [4.78, 5) is 16.3. The maximum atomic E-state index is 11.5. The molecular formula is C19H21Cl2NO2S. The Balaban J connectivity index is 1.99. The first-order valence-electron chi connectivity index (χ1n) is 8.50. The van der Waals surface area contributed by atoms with Gasteiger partial charge < -0.3 is 5.11 Å². The molecule has 2 atom stereocenters. The highest BCUT2D eigenvalue weighted by Crippen LogP contribution is 2.38. The van der Waals surface area contributed by atoms with Crippen LogP contribution in [0.3, 0.4) is 0 Å². The Kier molecular flexibility index (Phi) is 6.05. The van der Waals surface area contributed by atoms with Crippen molar-refractivity contribution in [3.63, 3.8) is 0 Å². The van der Waals surface area contributed by atoms with Crippen molar-refractivity contribution in [2.75, 3.05) is 13.1 Å². The number of aryl methyl sites for hydroxylation is 1. The summed E-state index contributed by atoms with van der Waals surface area (Å²) >= 11 is 14.1.